The second-order valence-corrected chi connectivity index (χ2v) is 5.82. The summed E-state index contributed by atoms with van der Waals surface area (Å²) in [5, 5.41) is 5.31. The zero-order valence-electron chi connectivity index (χ0n) is 13.9. The van der Waals surface area contributed by atoms with Crippen LogP contribution in [-0.4, -0.2) is 29.3 Å². The van der Waals surface area contributed by atoms with Gasteiger partial charge in [-0.25, -0.2) is 4.79 Å². The SMILES string of the molecule is CCc1ccc(NC(=O)CN2C(=O)NC(c3ccccc3)C2=O)cc1. The third-order valence-corrected chi connectivity index (χ3v) is 4.11. The summed E-state index contributed by atoms with van der Waals surface area (Å²) in [7, 11) is 0. The van der Waals surface area contributed by atoms with Gasteiger partial charge in [-0.2, -0.15) is 0 Å². The molecule has 1 unspecified atom stereocenters. The van der Waals surface area contributed by atoms with Crippen molar-refractivity contribution in [3.8, 4) is 0 Å². The highest BCUT2D eigenvalue weighted by molar-refractivity contribution is 6.08. The molecule has 2 N–H and O–H groups in total. The normalized spacial score (nSPS) is 16.7. The molecule has 1 fully saturated rings. The number of urea groups is 1. The fourth-order valence-corrected chi connectivity index (χ4v) is 2.71. The maximum atomic E-state index is 12.5. The van der Waals surface area contributed by atoms with E-state index >= 15 is 0 Å². The van der Waals surface area contributed by atoms with Crippen molar-refractivity contribution in [1.29, 1.82) is 0 Å². The number of carbonyl (C=O) groups is 3. The molecular formula is C19H19N3O3. The molecule has 0 radical (unpaired) electrons. The maximum absolute atomic E-state index is 12.5. The Labute approximate surface area is 145 Å². The molecule has 2 aromatic rings. The average molecular weight is 337 g/mol. The number of nitrogens with one attached hydrogen (secondary N) is 2. The monoisotopic (exact) mass is 337 g/mol. The number of benzene rings is 2. The zero-order chi connectivity index (χ0) is 17.8. The van der Waals surface area contributed by atoms with Crippen molar-refractivity contribution in [2.45, 2.75) is 19.4 Å². The minimum absolute atomic E-state index is 0.316. The molecule has 1 atom stereocenters. The van der Waals surface area contributed by atoms with Crippen molar-refractivity contribution in [2.24, 2.45) is 0 Å². The summed E-state index contributed by atoms with van der Waals surface area (Å²) >= 11 is 0. The minimum Gasteiger partial charge on any atom is -0.325 e. The molecular weight excluding hydrogens is 318 g/mol. The van der Waals surface area contributed by atoms with E-state index < -0.39 is 23.9 Å². The molecule has 1 saturated heterocycles. The highest BCUT2D eigenvalue weighted by atomic mass is 16.2. The predicted molar refractivity (Wildman–Crippen MR) is 93.9 cm³/mol. The summed E-state index contributed by atoms with van der Waals surface area (Å²) in [5.41, 5.74) is 2.49. The van der Waals surface area contributed by atoms with Gasteiger partial charge in [-0.05, 0) is 29.7 Å². The van der Waals surface area contributed by atoms with Crippen LogP contribution < -0.4 is 10.6 Å². The quantitative estimate of drug-likeness (QED) is 0.823. The van der Waals surface area contributed by atoms with Crippen molar-refractivity contribution in [2.75, 3.05) is 11.9 Å². The second kappa shape index (κ2) is 7.17. The highest BCUT2D eigenvalue weighted by Gasteiger charge is 2.39. The van der Waals surface area contributed by atoms with E-state index in [0.717, 1.165) is 16.9 Å². The zero-order valence-corrected chi connectivity index (χ0v) is 13.9. The maximum Gasteiger partial charge on any atom is 0.325 e. The first kappa shape index (κ1) is 16.7. The molecule has 1 aliphatic rings. The molecule has 0 aromatic heterocycles. The van der Waals surface area contributed by atoms with Gasteiger partial charge in [0.15, 0.2) is 0 Å². The number of anilines is 1. The topological polar surface area (TPSA) is 78.5 Å². The Morgan fingerprint density at radius 3 is 2.40 bits per heavy atom. The van der Waals surface area contributed by atoms with E-state index in [9.17, 15) is 14.4 Å². The number of rotatable bonds is 5. The average Bonchev–Trinajstić information content (AvgIpc) is 2.91. The standard InChI is InChI=1S/C19H19N3O3/c1-2-13-8-10-15(11-9-13)20-16(23)12-22-18(24)17(21-19(22)25)14-6-4-3-5-7-14/h3-11,17H,2,12H2,1H3,(H,20,23)(H,21,25). The van der Waals surface area contributed by atoms with E-state index in [1.807, 2.05) is 25.1 Å². The number of aryl methyl sites for hydroxylation is 1. The Morgan fingerprint density at radius 2 is 1.76 bits per heavy atom. The lowest BCUT2D eigenvalue weighted by molar-refractivity contribution is -0.130. The molecule has 4 amide bonds. The molecule has 0 aliphatic carbocycles. The van der Waals surface area contributed by atoms with Crippen LogP contribution in [-0.2, 0) is 16.0 Å². The van der Waals surface area contributed by atoms with E-state index in [-0.39, 0.29) is 6.54 Å². The Kier molecular flexibility index (Phi) is 4.79. The summed E-state index contributed by atoms with van der Waals surface area (Å²) in [5.74, 6) is -0.839. The van der Waals surface area contributed by atoms with E-state index in [1.165, 1.54) is 0 Å². The summed E-state index contributed by atoms with van der Waals surface area (Å²) in [6.07, 6.45) is 0.914. The Hall–Kier alpha value is -3.15. The summed E-state index contributed by atoms with van der Waals surface area (Å²) in [6, 6.07) is 15.1. The van der Waals surface area contributed by atoms with Gasteiger partial charge in [-0.1, -0.05) is 49.4 Å². The van der Waals surface area contributed by atoms with Crippen LogP contribution >= 0.6 is 0 Å². The van der Waals surface area contributed by atoms with Crippen molar-refractivity contribution < 1.29 is 14.4 Å². The lowest BCUT2D eigenvalue weighted by Crippen LogP contribution is -2.38. The van der Waals surface area contributed by atoms with Crippen LogP contribution in [0.5, 0.6) is 0 Å². The molecule has 1 aliphatic heterocycles. The minimum atomic E-state index is -0.745. The van der Waals surface area contributed by atoms with Gasteiger partial charge in [-0.15, -0.1) is 0 Å². The van der Waals surface area contributed by atoms with Gasteiger partial charge in [0.25, 0.3) is 5.91 Å². The number of imide groups is 1. The number of hydrogen-bond acceptors (Lipinski definition) is 3. The van der Waals surface area contributed by atoms with Crippen LogP contribution in [0.2, 0.25) is 0 Å². The van der Waals surface area contributed by atoms with Crippen molar-refractivity contribution in [1.82, 2.24) is 10.2 Å². The molecule has 0 bridgehead atoms. The third-order valence-electron chi connectivity index (χ3n) is 4.11. The number of hydrogen-bond donors (Lipinski definition) is 2. The molecule has 2 aromatic carbocycles. The highest BCUT2D eigenvalue weighted by Crippen LogP contribution is 2.21. The molecule has 25 heavy (non-hydrogen) atoms. The van der Waals surface area contributed by atoms with Crippen LogP contribution in [0.1, 0.15) is 24.1 Å². The van der Waals surface area contributed by atoms with Gasteiger partial charge in [0.1, 0.15) is 12.6 Å². The molecule has 3 rings (SSSR count). The van der Waals surface area contributed by atoms with Gasteiger partial charge < -0.3 is 10.6 Å². The van der Waals surface area contributed by atoms with E-state index in [1.54, 1.807) is 36.4 Å². The third kappa shape index (κ3) is 3.68. The first-order valence-electron chi connectivity index (χ1n) is 8.14. The number of amides is 4. The second-order valence-electron chi connectivity index (χ2n) is 5.82. The lowest BCUT2D eigenvalue weighted by Gasteiger charge is -2.13. The summed E-state index contributed by atoms with van der Waals surface area (Å²) in [6.45, 7) is 1.73. The Balaban J connectivity index is 1.64. The van der Waals surface area contributed by atoms with Gasteiger partial charge in [0.05, 0.1) is 0 Å². The smallest absolute Gasteiger partial charge is 0.325 e. The van der Waals surface area contributed by atoms with Crippen LogP contribution in [0.15, 0.2) is 54.6 Å². The first-order valence-corrected chi connectivity index (χ1v) is 8.14. The van der Waals surface area contributed by atoms with Gasteiger partial charge in [0.2, 0.25) is 5.91 Å². The molecule has 128 valence electrons. The Bertz CT molecular complexity index is 787. The molecule has 1 heterocycles. The van der Waals surface area contributed by atoms with Gasteiger partial charge >= 0.3 is 6.03 Å². The first-order chi connectivity index (χ1) is 12.1. The van der Waals surface area contributed by atoms with Gasteiger partial charge in [-0.3, -0.25) is 14.5 Å². The van der Waals surface area contributed by atoms with Crippen LogP contribution in [0, 0.1) is 0 Å². The largest absolute Gasteiger partial charge is 0.325 e. The number of carbonyl (C=O) groups excluding carboxylic acids is 3. The summed E-state index contributed by atoms with van der Waals surface area (Å²) < 4.78 is 0. The number of nitrogens with zero attached hydrogens (tertiary/aromatic N) is 1. The van der Waals surface area contributed by atoms with E-state index in [4.69, 9.17) is 0 Å². The summed E-state index contributed by atoms with van der Waals surface area (Å²) in [4.78, 5) is 37.6. The van der Waals surface area contributed by atoms with Crippen LogP contribution in [0.3, 0.4) is 0 Å². The fourth-order valence-electron chi connectivity index (χ4n) is 2.71. The van der Waals surface area contributed by atoms with Crippen LogP contribution in [0.4, 0.5) is 10.5 Å². The molecule has 0 spiro atoms. The van der Waals surface area contributed by atoms with E-state index in [0.29, 0.717) is 11.3 Å². The lowest BCUT2D eigenvalue weighted by atomic mass is 10.1. The molecule has 0 saturated carbocycles. The van der Waals surface area contributed by atoms with Crippen molar-refractivity contribution >= 4 is 23.5 Å². The molecule has 6 heteroatoms. The fraction of sp³-hybridized carbons (Fsp3) is 0.211. The Morgan fingerprint density at radius 1 is 1.08 bits per heavy atom. The van der Waals surface area contributed by atoms with Crippen molar-refractivity contribution in [3.63, 3.8) is 0 Å². The predicted octanol–water partition coefficient (Wildman–Crippen LogP) is 2.48. The van der Waals surface area contributed by atoms with Gasteiger partial charge in [0, 0.05) is 5.69 Å². The van der Waals surface area contributed by atoms with Crippen LogP contribution in [0.25, 0.3) is 0 Å². The van der Waals surface area contributed by atoms with Crippen molar-refractivity contribution in [3.05, 3.63) is 65.7 Å². The molecule has 6 nitrogen and oxygen atoms in total. The van der Waals surface area contributed by atoms with E-state index in [2.05, 4.69) is 10.6 Å².